The van der Waals surface area contributed by atoms with Crippen molar-refractivity contribution >= 4 is 5.91 Å². The van der Waals surface area contributed by atoms with E-state index in [0.29, 0.717) is 12.1 Å². The quantitative estimate of drug-likeness (QED) is 0.930. The number of hydrogen-bond acceptors (Lipinski definition) is 2. The van der Waals surface area contributed by atoms with Crippen molar-refractivity contribution in [1.29, 1.82) is 0 Å². The van der Waals surface area contributed by atoms with Crippen LogP contribution in [0, 0.1) is 5.82 Å². The highest BCUT2D eigenvalue weighted by Crippen LogP contribution is 2.21. The van der Waals surface area contributed by atoms with E-state index in [-0.39, 0.29) is 5.56 Å². The van der Waals surface area contributed by atoms with Crippen molar-refractivity contribution in [1.82, 2.24) is 9.55 Å². The topological polar surface area (TPSA) is 60.9 Å². The van der Waals surface area contributed by atoms with Crippen molar-refractivity contribution in [3.05, 3.63) is 52.9 Å². The van der Waals surface area contributed by atoms with E-state index in [1.165, 1.54) is 18.2 Å². The Morgan fingerprint density at radius 3 is 2.90 bits per heavy atom. The summed E-state index contributed by atoms with van der Waals surface area (Å²) in [5.74, 6) is -1.02. The van der Waals surface area contributed by atoms with Crippen LogP contribution in [0.2, 0.25) is 0 Å². The summed E-state index contributed by atoms with van der Waals surface area (Å²) in [4.78, 5) is 15.4. The number of fused-ring (bicyclic) bond motifs is 1. The van der Waals surface area contributed by atoms with Crippen LogP contribution in [0.3, 0.4) is 0 Å². The molecule has 20 heavy (non-hydrogen) atoms. The Morgan fingerprint density at radius 2 is 2.15 bits per heavy atom. The first-order valence-electron chi connectivity index (χ1n) is 6.76. The Hall–Kier alpha value is -2.17. The van der Waals surface area contributed by atoms with Gasteiger partial charge in [-0.3, -0.25) is 4.79 Å². The van der Waals surface area contributed by atoms with Crippen molar-refractivity contribution in [2.45, 2.75) is 32.2 Å². The van der Waals surface area contributed by atoms with Crippen molar-refractivity contribution in [2.75, 3.05) is 0 Å². The van der Waals surface area contributed by atoms with Gasteiger partial charge in [0.1, 0.15) is 5.82 Å². The van der Waals surface area contributed by atoms with E-state index >= 15 is 0 Å². The SMILES string of the molecule is NC(=O)c1ccc(Cn2cnc3c2CCCC3)c(F)c1. The number of aryl methyl sites for hydroxylation is 1. The minimum Gasteiger partial charge on any atom is -0.366 e. The fourth-order valence-corrected chi connectivity index (χ4v) is 2.68. The molecule has 0 fully saturated rings. The van der Waals surface area contributed by atoms with E-state index in [1.54, 1.807) is 18.5 Å². The van der Waals surface area contributed by atoms with Crippen molar-refractivity contribution in [3.8, 4) is 0 Å². The van der Waals surface area contributed by atoms with E-state index in [0.717, 1.165) is 25.0 Å². The smallest absolute Gasteiger partial charge is 0.248 e. The van der Waals surface area contributed by atoms with Crippen LogP contribution in [0.4, 0.5) is 4.39 Å². The average Bonchev–Trinajstić information content (AvgIpc) is 2.84. The number of amides is 1. The van der Waals surface area contributed by atoms with Gasteiger partial charge in [0, 0.05) is 16.8 Å². The molecule has 1 aliphatic rings. The number of halogens is 1. The molecule has 4 nitrogen and oxygen atoms in total. The Bertz CT molecular complexity index is 663. The number of rotatable bonds is 3. The van der Waals surface area contributed by atoms with Gasteiger partial charge in [0.05, 0.1) is 18.6 Å². The summed E-state index contributed by atoms with van der Waals surface area (Å²) in [5, 5.41) is 0. The van der Waals surface area contributed by atoms with E-state index in [9.17, 15) is 9.18 Å². The van der Waals surface area contributed by atoms with Crippen LogP contribution in [0.1, 0.15) is 40.2 Å². The average molecular weight is 273 g/mol. The minimum absolute atomic E-state index is 0.193. The predicted octanol–water partition coefficient (Wildman–Crippen LogP) is 2.05. The standard InChI is InChI=1S/C15H16FN3O/c16-12-7-10(15(17)20)5-6-11(12)8-19-9-18-13-3-1-2-4-14(13)19/h5-7,9H,1-4,8H2,(H2,17,20). The maximum atomic E-state index is 14.0. The summed E-state index contributed by atoms with van der Waals surface area (Å²) in [7, 11) is 0. The highest BCUT2D eigenvalue weighted by Gasteiger charge is 2.16. The molecule has 0 aliphatic heterocycles. The fraction of sp³-hybridized carbons (Fsp3) is 0.333. The van der Waals surface area contributed by atoms with Crippen LogP contribution in [-0.4, -0.2) is 15.5 Å². The Labute approximate surface area is 116 Å². The van der Waals surface area contributed by atoms with Gasteiger partial charge in [-0.2, -0.15) is 0 Å². The molecule has 0 spiro atoms. The maximum Gasteiger partial charge on any atom is 0.248 e. The molecule has 0 saturated heterocycles. The second kappa shape index (κ2) is 5.07. The van der Waals surface area contributed by atoms with Crippen LogP contribution in [0.25, 0.3) is 0 Å². The van der Waals surface area contributed by atoms with Crippen LogP contribution in [0.15, 0.2) is 24.5 Å². The predicted molar refractivity (Wildman–Crippen MR) is 72.9 cm³/mol. The second-order valence-electron chi connectivity index (χ2n) is 5.14. The number of hydrogen-bond donors (Lipinski definition) is 1. The number of primary amides is 1. The number of nitrogens with two attached hydrogens (primary N) is 1. The van der Waals surface area contributed by atoms with Gasteiger partial charge in [-0.25, -0.2) is 9.37 Å². The molecule has 0 radical (unpaired) electrons. The van der Waals surface area contributed by atoms with Gasteiger partial charge in [0.25, 0.3) is 0 Å². The Balaban J connectivity index is 1.88. The number of nitrogens with zero attached hydrogens (tertiary/aromatic N) is 2. The van der Waals surface area contributed by atoms with Gasteiger partial charge in [-0.05, 0) is 37.8 Å². The third-order valence-corrected chi connectivity index (χ3v) is 3.79. The molecule has 104 valence electrons. The van der Waals surface area contributed by atoms with Crippen LogP contribution in [-0.2, 0) is 19.4 Å². The molecule has 2 aromatic rings. The molecule has 0 saturated carbocycles. The molecule has 0 unspecified atom stereocenters. The maximum absolute atomic E-state index is 14.0. The number of carbonyl (C=O) groups excluding carboxylic acids is 1. The van der Waals surface area contributed by atoms with Gasteiger partial charge < -0.3 is 10.3 Å². The normalized spacial score (nSPS) is 14.1. The zero-order valence-corrected chi connectivity index (χ0v) is 11.1. The molecule has 0 bridgehead atoms. The molecule has 3 rings (SSSR count). The number of imidazole rings is 1. The van der Waals surface area contributed by atoms with Gasteiger partial charge >= 0.3 is 0 Å². The number of benzene rings is 1. The lowest BCUT2D eigenvalue weighted by atomic mass is 10.0. The molecular weight excluding hydrogens is 257 g/mol. The number of carbonyl (C=O) groups is 1. The third-order valence-electron chi connectivity index (χ3n) is 3.79. The highest BCUT2D eigenvalue weighted by molar-refractivity contribution is 5.92. The largest absolute Gasteiger partial charge is 0.366 e. The summed E-state index contributed by atoms with van der Waals surface area (Å²) < 4.78 is 16.0. The fourth-order valence-electron chi connectivity index (χ4n) is 2.68. The summed E-state index contributed by atoms with van der Waals surface area (Å²) in [5.41, 5.74) is 8.21. The first kappa shape index (κ1) is 12.8. The van der Waals surface area contributed by atoms with Crippen LogP contribution < -0.4 is 5.73 Å². The Morgan fingerprint density at radius 1 is 1.35 bits per heavy atom. The van der Waals surface area contributed by atoms with Crippen LogP contribution in [0.5, 0.6) is 0 Å². The highest BCUT2D eigenvalue weighted by atomic mass is 19.1. The van der Waals surface area contributed by atoms with Gasteiger partial charge in [-0.15, -0.1) is 0 Å². The van der Waals surface area contributed by atoms with Crippen LogP contribution >= 0.6 is 0 Å². The summed E-state index contributed by atoms with van der Waals surface area (Å²) in [6.07, 6.45) is 6.10. The Kier molecular flexibility index (Phi) is 3.26. The molecule has 0 atom stereocenters. The van der Waals surface area contributed by atoms with Gasteiger partial charge in [0.15, 0.2) is 0 Å². The summed E-state index contributed by atoms with van der Waals surface area (Å²) in [6.45, 7) is 0.438. The minimum atomic E-state index is -0.615. The van der Waals surface area contributed by atoms with E-state index in [2.05, 4.69) is 4.98 Å². The lowest BCUT2D eigenvalue weighted by Crippen LogP contribution is -2.13. The lowest BCUT2D eigenvalue weighted by Gasteiger charge is -2.14. The molecule has 5 heteroatoms. The first-order valence-corrected chi connectivity index (χ1v) is 6.76. The lowest BCUT2D eigenvalue weighted by molar-refractivity contribution is 0.1000. The monoisotopic (exact) mass is 273 g/mol. The molecular formula is C15H16FN3O. The summed E-state index contributed by atoms with van der Waals surface area (Å²) >= 11 is 0. The zero-order valence-electron chi connectivity index (χ0n) is 11.1. The summed E-state index contributed by atoms with van der Waals surface area (Å²) in [6, 6.07) is 4.37. The van der Waals surface area contributed by atoms with Crippen molar-refractivity contribution in [2.24, 2.45) is 5.73 Å². The molecule has 2 N–H and O–H groups in total. The number of aromatic nitrogens is 2. The van der Waals surface area contributed by atoms with Gasteiger partial charge in [-0.1, -0.05) is 6.07 Å². The van der Waals surface area contributed by atoms with E-state index in [1.807, 2.05) is 4.57 Å². The molecule has 1 aromatic carbocycles. The van der Waals surface area contributed by atoms with Crippen molar-refractivity contribution < 1.29 is 9.18 Å². The molecule has 1 aromatic heterocycles. The first-order chi connectivity index (χ1) is 9.65. The van der Waals surface area contributed by atoms with E-state index in [4.69, 9.17) is 5.73 Å². The molecule has 1 aliphatic carbocycles. The van der Waals surface area contributed by atoms with Crippen molar-refractivity contribution in [3.63, 3.8) is 0 Å². The van der Waals surface area contributed by atoms with E-state index < -0.39 is 11.7 Å². The molecule has 1 amide bonds. The zero-order chi connectivity index (χ0) is 14.1. The second-order valence-corrected chi connectivity index (χ2v) is 5.14. The third kappa shape index (κ3) is 2.31. The van der Waals surface area contributed by atoms with Gasteiger partial charge in [0.2, 0.25) is 5.91 Å². The molecule has 1 heterocycles.